The number of hydrogen-bond donors (Lipinski definition) is 1. The van der Waals surface area contributed by atoms with Crippen molar-refractivity contribution in [1.29, 1.82) is 0 Å². The van der Waals surface area contributed by atoms with Crippen LogP contribution in [0.1, 0.15) is 22.0 Å². The van der Waals surface area contributed by atoms with Gasteiger partial charge < -0.3 is 5.32 Å². The summed E-state index contributed by atoms with van der Waals surface area (Å²) in [5, 5.41) is 3.51. The number of halogens is 2. The van der Waals surface area contributed by atoms with Crippen LogP contribution >= 0.6 is 23.2 Å². The molecule has 0 heterocycles. The standard InChI is InChI=1S/C15H13Cl2NO/c16-10-14(11-4-2-1-3-5-11)18-15(19)12-6-8-13(17)9-7-12/h1-9,14H,10H2,(H,18,19)/t14-/m0/s1. The van der Waals surface area contributed by atoms with E-state index in [1.807, 2.05) is 30.3 Å². The second-order valence-corrected chi connectivity index (χ2v) is 4.84. The molecular formula is C15H13Cl2NO. The van der Waals surface area contributed by atoms with Gasteiger partial charge in [-0.3, -0.25) is 4.79 Å². The second kappa shape index (κ2) is 6.60. The maximum Gasteiger partial charge on any atom is 0.251 e. The van der Waals surface area contributed by atoms with E-state index in [4.69, 9.17) is 23.2 Å². The molecule has 0 spiro atoms. The molecule has 0 aromatic heterocycles. The largest absolute Gasteiger partial charge is 0.344 e. The summed E-state index contributed by atoms with van der Waals surface area (Å²) in [5.74, 6) is 0.162. The summed E-state index contributed by atoms with van der Waals surface area (Å²) in [7, 11) is 0. The second-order valence-electron chi connectivity index (χ2n) is 4.10. The van der Waals surface area contributed by atoms with E-state index < -0.39 is 0 Å². The minimum atomic E-state index is -0.203. The Bertz CT molecular complexity index is 540. The summed E-state index contributed by atoms with van der Waals surface area (Å²) in [6, 6.07) is 16.2. The lowest BCUT2D eigenvalue weighted by molar-refractivity contribution is 0.0940. The van der Waals surface area contributed by atoms with E-state index in [1.54, 1.807) is 24.3 Å². The number of rotatable bonds is 4. The van der Waals surface area contributed by atoms with E-state index in [0.717, 1.165) is 5.56 Å². The van der Waals surface area contributed by atoms with Crippen LogP contribution in [0.25, 0.3) is 0 Å². The number of nitrogens with one attached hydrogen (secondary N) is 1. The fourth-order valence-electron chi connectivity index (χ4n) is 1.74. The van der Waals surface area contributed by atoms with Gasteiger partial charge in [-0.2, -0.15) is 0 Å². The zero-order valence-corrected chi connectivity index (χ0v) is 11.7. The molecule has 19 heavy (non-hydrogen) atoms. The minimum Gasteiger partial charge on any atom is -0.344 e. The molecule has 0 unspecified atom stereocenters. The van der Waals surface area contributed by atoms with Crippen LogP contribution in [-0.4, -0.2) is 11.8 Å². The van der Waals surface area contributed by atoms with Crippen molar-refractivity contribution < 1.29 is 4.79 Å². The highest BCUT2D eigenvalue weighted by Gasteiger charge is 2.14. The molecule has 1 N–H and O–H groups in total. The first-order chi connectivity index (χ1) is 9.20. The predicted molar refractivity (Wildman–Crippen MR) is 78.8 cm³/mol. The third kappa shape index (κ3) is 3.72. The summed E-state index contributed by atoms with van der Waals surface area (Å²) >= 11 is 11.7. The van der Waals surface area contributed by atoms with Crippen LogP contribution in [-0.2, 0) is 0 Å². The monoisotopic (exact) mass is 293 g/mol. The van der Waals surface area contributed by atoms with Gasteiger partial charge in [-0.1, -0.05) is 41.9 Å². The van der Waals surface area contributed by atoms with Crippen LogP contribution in [0.15, 0.2) is 54.6 Å². The molecule has 0 saturated heterocycles. The van der Waals surface area contributed by atoms with E-state index in [1.165, 1.54) is 0 Å². The van der Waals surface area contributed by atoms with Gasteiger partial charge in [-0.15, -0.1) is 11.6 Å². The summed E-state index contributed by atoms with van der Waals surface area (Å²) in [4.78, 5) is 12.1. The van der Waals surface area contributed by atoms with E-state index >= 15 is 0 Å². The van der Waals surface area contributed by atoms with Gasteiger partial charge >= 0.3 is 0 Å². The van der Waals surface area contributed by atoms with Gasteiger partial charge in [-0.05, 0) is 29.8 Å². The molecule has 0 saturated carbocycles. The lowest BCUT2D eigenvalue weighted by Crippen LogP contribution is -2.29. The Hall–Kier alpha value is -1.51. The Labute approximate surface area is 122 Å². The van der Waals surface area contributed by atoms with Crippen LogP contribution in [0.2, 0.25) is 5.02 Å². The summed E-state index contributed by atoms with van der Waals surface area (Å²) in [5.41, 5.74) is 1.55. The molecule has 2 nitrogen and oxygen atoms in total. The molecule has 0 fully saturated rings. The first kappa shape index (κ1) is 13.9. The van der Waals surface area contributed by atoms with Crippen molar-refractivity contribution in [2.24, 2.45) is 0 Å². The van der Waals surface area contributed by atoms with E-state index in [-0.39, 0.29) is 11.9 Å². The Kier molecular flexibility index (Phi) is 4.83. The number of carbonyl (C=O) groups is 1. The smallest absolute Gasteiger partial charge is 0.251 e. The third-order valence-corrected chi connectivity index (χ3v) is 3.33. The molecule has 0 aliphatic rings. The quantitative estimate of drug-likeness (QED) is 0.847. The van der Waals surface area contributed by atoms with Crippen molar-refractivity contribution in [3.05, 3.63) is 70.7 Å². The molecule has 0 bridgehead atoms. The van der Waals surface area contributed by atoms with Crippen molar-refractivity contribution in [3.63, 3.8) is 0 Å². The Morgan fingerprint density at radius 3 is 2.26 bits per heavy atom. The molecular weight excluding hydrogens is 281 g/mol. The van der Waals surface area contributed by atoms with E-state index in [9.17, 15) is 4.79 Å². The molecule has 0 aliphatic carbocycles. The number of alkyl halides is 1. The van der Waals surface area contributed by atoms with Crippen LogP contribution in [0.4, 0.5) is 0 Å². The number of benzene rings is 2. The van der Waals surface area contributed by atoms with Crippen molar-refractivity contribution in [2.45, 2.75) is 6.04 Å². The van der Waals surface area contributed by atoms with Gasteiger partial charge in [-0.25, -0.2) is 0 Å². The molecule has 2 aromatic rings. The van der Waals surface area contributed by atoms with Gasteiger partial charge in [0.2, 0.25) is 0 Å². The SMILES string of the molecule is O=C(N[C@@H](CCl)c1ccccc1)c1ccc(Cl)cc1. The van der Waals surface area contributed by atoms with Crippen LogP contribution in [0.3, 0.4) is 0 Å². The highest BCUT2D eigenvalue weighted by molar-refractivity contribution is 6.30. The average molecular weight is 294 g/mol. The van der Waals surface area contributed by atoms with Gasteiger partial charge in [0.15, 0.2) is 0 Å². The maximum atomic E-state index is 12.1. The zero-order chi connectivity index (χ0) is 13.7. The highest BCUT2D eigenvalue weighted by Crippen LogP contribution is 2.16. The zero-order valence-electron chi connectivity index (χ0n) is 10.1. The normalized spacial score (nSPS) is 11.9. The number of hydrogen-bond acceptors (Lipinski definition) is 1. The predicted octanol–water partition coefficient (Wildman–Crippen LogP) is 4.05. The maximum absolute atomic E-state index is 12.1. The Morgan fingerprint density at radius 1 is 1.05 bits per heavy atom. The van der Waals surface area contributed by atoms with Gasteiger partial charge in [0.1, 0.15) is 0 Å². The molecule has 0 radical (unpaired) electrons. The number of amides is 1. The molecule has 2 rings (SSSR count). The highest BCUT2D eigenvalue weighted by atomic mass is 35.5. The van der Waals surface area contributed by atoms with Crippen molar-refractivity contribution in [2.75, 3.05) is 5.88 Å². The lowest BCUT2D eigenvalue weighted by Gasteiger charge is -2.16. The molecule has 2 aromatic carbocycles. The minimum absolute atomic E-state index is 0.161. The van der Waals surface area contributed by atoms with E-state index in [2.05, 4.69) is 5.32 Å². The van der Waals surface area contributed by atoms with Gasteiger partial charge in [0.25, 0.3) is 5.91 Å². The molecule has 4 heteroatoms. The van der Waals surface area contributed by atoms with Crippen LogP contribution in [0, 0.1) is 0 Å². The van der Waals surface area contributed by atoms with Crippen LogP contribution in [0.5, 0.6) is 0 Å². The summed E-state index contributed by atoms with van der Waals surface area (Å²) in [6.45, 7) is 0. The molecule has 1 amide bonds. The van der Waals surface area contributed by atoms with Crippen molar-refractivity contribution in [3.8, 4) is 0 Å². The fraction of sp³-hybridized carbons (Fsp3) is 0.133. The Morgan fingerprint density at radius 2 is 1.68 bits per heavy atom. The first-order valence-electron chi connectivity index (χ1n) is 5.88. The van der Waals surface area contributed by atoms with Gasteiger partial charge in [0, 0.05) is 16.5 Å². The van der Waals surface area contributed by atoms with Gasteiger partial charge in [0.05, 0.1) is 6.04 Å². The first-order valence-corrected chi connectivity index (χ1v) is 6.79. The molecule has 0 aliphatic heterocycles. The molecule has 98 valence electrons. The van der Waals surface area contributed by atoms with Crippen LogP contribution < -0.4 is 5.32 Å². The lowest BCUT2D eigenvalue weighted by atomic mass is 10.1. The fourth-order valence-corrected chi connectivity index (χ4v) is 2.12. The summed E-state index contributed by atoms with van der Waals surface area (Å²) in [6.07, 6.45) is 0. The topological polar surface area (TPSA) is 29.1 Å². The van der Waals surface area contributed by atoms with E-state index in [0.29, 0.717) is 16.5 Å². The average Bonchev–Trinajstić information content (AvgIpc) is 2.46. The Balaban J connectivity index is 2.10. The summed E-state index contributed by atoms with van der Waals surface area (Å²) < 4.78 is 0. The third-order valence-electron chi connectivity index (χ3n) is 2.77. The number of carbonyl (C=O) groups excluding carboxylic acids is 1. The van der Waals surface area contributed by atoms with Crippen molar-refractivity contribution >= 4 is 29.1 Å². The molecule has 1 atom stereocenters. The van der Waals surface area contributed by atoms with Crippen molar-refractivity contribution in [1.82, 2.24) is 5.32 Å².